The summed E-state index contributed by atoms with van der Waals surface area (Å²) < 4.78 is 0. The van der Waals surface area contributed by atoms with E-state index in [1.54, 1.807) is 12.1 Å². The second-order valence-electron chi connectivity index (χ2n) is 2.54. The van der Waals surface area contributed by atoms with E-state index in [4.69, 9.17) is 0 Å². The Morgan fingerprint density at radius 1 is 1.31 bits per heavy atom. The fourth-order valence-electron chi connectivity index (χ4n) is 1.24. The van der Waals surface area contributed by atoms with E-state index in [1.807, 2.05) is 12.1 Å². The van der Waals surface area contributed by atoms with Crippen molar-refractivity contribution in [3.8, 4) is 0 Å². The zero-order valence-electron chi connectivity index (χ0n) is 7.20. The van der Waals surface area contributed by atoms with Gasteiger partial charge in [-0.3, -0.25) is 0 Å². The zero-order valence-corrected chi connectivity index (χ0v) is 9.20. The average Bonchev–Trinajstić information content (AvgIpc) is 2.47. The number of aromatic carboxylic acids is 1. The van der Waals surface area contributed by atoms with E-state index in [-0.39, 0.29) is 35.1 Å². The van der Waals surface area contributed by atoms with Gasteiger partial charge >= 0.3 is 29.6 Å². The van der Waals surface area contributed by atoms with E-state index in [0.717, 1.165) is 5.52 Å². The molecule has 2 rings (SSSR count). The number of carboxylic acid groups (broad SMARTS) is 1. The van der Waals surface area contributed by atoms with Crippen LogP contribution in [-0.2, 0) is 0 Å². The van der Waals surface area contributed by atoms with Crippen LogP contribution in [0, 0.1) is 0 Å². The molecule has 0 radical (unpaired) electrons. The van der Waals surface area contributed by atoms with Gasteiger partial charge in [0, 0.05) is 22.7 Å². The summed E-state index contributed by atoms with van der Waals surface area (Å²) >= 11 is 0. The molecule has 0 fully saturated rings. The fraction of sp³-hybridized carbons (Fsp3) is 0. The van der Waals surface area contributed by atoms with Gasteiger partial charge in [-0.2, -0.15) is 0 Å². The molecular weight excluding hydrogens is 177 g/mol. The second kappa shape index (κ2) is 3.96. The van der Waals surface area contributed by atoms with Crippen molar-refractivity contribution < 1.29 is 39.5 Å². The van der Waals surface area contributed by atoms with Crippen molar-refractivity contribution in [3.05, 3.63) is 36.0 Å². The van der Waals surface area contributed by atoms with Gasteiger partial charge in [-0.25, -0.2) is 0 Å². The number of carbonyl (C=O) groups excluding carboxylic acids is 1. The summed E-state index contributed by atoms with van der Waals surface area (Å²) in [6.07, 6.45) is 1.44. The quantitative estimate of drug-likeness (QED) is 0.498. The van der Waals surface area contributed by atoms with Gasteiger partial charge in [0.15, 0.2) is 0 Å². The van der Waals surface area contributed by atoms with Crippen LogP contribution in [-0.4, -0.2) is 11.0 Å². The summed E-state index contributed by atoms with van der Waals surface area (Å²) in [6, 6.07) is 7.21. The standard InChI is InChI=1S/C9H7NO2.Na/c11-9(12)7-5-10-8-4-2-1-3-6(7)8;/h1-5,10H,(H,11,12);/q;+1/p-1. The molecule has 0 atom stereocenters. The molecule has 0 saturated carbocycles. The molecule has 0 amide bonds. The number of hydrogen-bond acceptors (Lipinski definition) is 2. The predicted molar refractivity (Wildman–Crippen MR) is 42.6 cm³/mol. The number of hydrogen-bond donors (Lipinski definition) is 1. The number of H-pyrrole nitrogens is 1. The number of rotatable bonds is 1. The smallest absolute Gasteiger partial charge is 0.545 e. The Bertz CT molecular complexity index is 436. The molecule has 0 aliphatic rings. The maximum atomic E-state index is 10.5. The van der Waals surface area contributed by atoms with Gasteiger partial charge in [-0.05, 0) is 6.07 Å². The molecule has 0 spiro atoms. The molecular formula is C9H6NNaO2. The van der Waals surface area contributed by atoms with Crippen LogP contribution in [0.1, 0.15) is 10.4 Å². The van der Waals surface area contributed by atoms with Crippen molar-refractivity contribution in [1.82, 2.24) is 4.98 Å². The molecule has 0 aliphatic heterocycles. The van der Waals surface area contributed by atoms with E-state index in [2.05, 4.69) is 4.98 Å². The van der Waals surface area contributed by atoms with E-state index < -0.39 is 5.97 Å². The predicted octanol–water partition coefficient (Wildman–Crippen LogP) is -2.46. The Kier molecular flexibility index (Phi) is 3.14. The number of nitrogens with one attached hydrogen (secondary N) is 1. The van der Waals surface area contributed by atoms with Gasteiger partial charge in [-0.1, -0.05) is 18.2 Å². The third-order valence-corrected chi connectivity index (χ3v) is 1.81. The molecule has 1 aromatic heterocycles. The Hall–Kier alpha value is -0.770. The van der Waals surface area contributed by atoms with Crippen LogP contribution in [0.5, 0.6) is 0 Å². The molecule has 2 aromatic rings. The number of fused-ring (bicyclic) bond motifs is 1. The third-order valence-electron chi connectivity index (χ3n) is 1.81. The molecule has 3 nitrogen and oxygen atoms in total. The van der Waals surface area contributed by atoms with Gasteiger partial charge in [0.05, 0.1) is 5.97 Å². The van der Waals surface area contributed by atoms with Crippen molar-refractivity contribution >= 4 is 16.9 Å². The Morgan fingerprint density at radius 3 is 2.69 bits per heavy atom. The van der Waals surface area contributed by atoms with Crippen LogP contribution in [0.4, 0.5) is 0 Å². The van der Waals surface area contributed by atoms with Gasteiger partial charge in [0.25, 0.3) is 0 Å². The Balaban J connectivity index is 0.000000845. The summed E-state index contributed by atoms with van der Waals surface area (Å²) in [6.45, 7) is 0. The maximum Gasteiger partial charge on any atom is 1.00 e. The van der Waals surface area contributed by atoms with Crippen LogP contribution < -0.4 is 34.7 Å². The minimum atomic E-state index is -1.15. The number of para-hydroxylation sites is 1. The summed E-state index contributed by atoms with van der Waals surface area (Å²) in [5.41, 5.74) is 1.03. The normalized spacial score (nSPS) is 9.54. The summed E-state index contributed by atoms with van der Waals surface area (Å²) in [5, 5.41) is 11.2. The summed E-state index contributed by atoms with van der Waals surface area (Å²) in [7, 11) is 0. The van der Waals surface area contributed by atoms with Crippen molar-refractivity contribution in [2.45, 2.75) is 0 Å². The Labute approximate surface area is 97.1 Å². The van der Waals surface area contributed by atoms with Crippen LogP contribution in [0.2, 0.25) is 0 Å². The first kappa shape index (κ1) is 10.3. The molecule has 0 saturated heterocycles. The number of carbonyl (C=O) groups is 1. The molecule has 13 heavy (non-hydrogen) atoms. The number of aromatic nitrogens is 1. The molecule has 0 aliphatic carbocycles. The number of benzene rings is 1. The average molecular weight is 183 g/mol. The fourth-order valence-corrected chi connectivity index (χ4v) is 1.24. The van der Waals surface area contributed by atoms with Gasteiger partial charge < -0.3 is 14.9 Å². The van der Waals surface area contributed by atoms with E-state index in [1.165, 1.54) is 6.20 Å². The minimum Gasteiger partial charge on any atom is -0.545 e. The van der Waals surface area contributed by atoms with Gasteiger partial charge in [0.2, 0.25) is 0 Å². The van der Waals surface area contributed by atoms with Gasteiger partial charge in [-0.15, -0.1) is 0 Å². The van der Waals surface area contributed by atoms with Crippen molar-refractivity contribution in [1.29, 1.82) is 0 Å². The topological polar surface area (TPSA) is 55.9 Å². The Morgan fingerprint density at radius 2 is 2.00 bits per heavy atom. The maximum absolute atomic E-state index is 10.5. The molecule has 1 N–H and O–H groups in total. The van der Waals surface area contributed by atoms with E-state index in [9.17, 15) is 9.90 Å². The van der Waals surface area contributed by atoms with Crippen molar-refractivity contribution in [3.63, 3.8) is 0 Å². The number of aromatic amines is 1. The van der Waals surface area contributed by atoms with E-state index in [0.29, 0.717) is 5.39 Å². The van der Waals surface area contributed by atoms with Crippen LogP contribution in [0.3, 0.4) is 0 Å². The van der Waals surface area contributed by atoms with Gasteiger partial charge in [0.1, 0.15) is 0 Å². The molecule has 1 aromatic carbocycles. The largest absolute Gasteiger partial charge is 1.00 e. The number of carboxylic acids is 1. The SMILES string of the molecule is O=C([O-])c1c[nH]c2ccccc12.[Na+]. The molecule has 0 unspecified atom stereocenters. The first-order chi connectivity index (χ1) is 5.79. The minimum absolute atomic E-state index is 0. The third kappa shape index (κ3) is 1.77. The zero-order chi connectivity index (χ0) is 8.55. The van der Waals surface area contributed by atoms with Crippen LogP contribution in [0.15, 0.2) is 30.5 Å². The second-order valence-corrected chi connectivity index (χ2v) is 2.54. The molecule has 60 valence electrons. The van der Waals surface area contributed by atoms with Crippen LogP contribution >= 0.6 is 0 Å². The van der Waals surface area contributed by atoms with E-state index >= 15 is 0 Å². The first-order valence-corrected chi connectivity index (χ1v) is 3.56. The molecule has 0 bridgehead atoms. The monoisotopic (exact) mass is 183 g/mol. The van der Waals surface area contributed by atoms with Crippen molar-refractivity contribution in [2.24, 2.45) is 0 Å². The summed E-state index contributed by atoms with van der Waals surface area (Å²) in [4.78, 5) is 13.4. The summed E-state index contributed by atoms with van der Waals surface area (Å²) in [5.74, 6) is -1.15. The molecule has 4 heteroatoms. The first-order valence-electron chi connectivity index (χ1n) is 3.56. The molecule has 1 heterocycles. The van der Waals surface area contributed by atoms with Crippen LogP contribution in [0.25, 0.3) is 10.9 Å². The van der Waals surface area contributed by atoms with Crippen molar-refractivity contribution in [2.75, 3.05) is 0 Å².